The molecule has 0 saturated heterocycles. The molecule has 8 rings (SSSR count). The highest BCUT2D eigenvalue weighted by Crippen LogP contribution is 2.44. The maximum absolute atomic E-state index is 12.4. The predicted molar refractivity (Wildman–Crippen MR) is 266 cm³/mol. The van der Waals surface area contributed by atoms with Crippen LogP contribution in [0, 0.1) is 0 Å². The zero-order valence-electron chi connectivity index (χ0n) is 38.4. The zero-order chi connectivity index (χ0) is 53.2. The van der Waals surface area contributed by atoms with Gasteiger partial charge in [0.25, 0.3) is 11.8 Å². The van der Waals surface area contributed by atoms with E-state index < -0.39 is 34.8 Å². The maximum Gasteiger partial charge on any atom is 0.446 e. The van der Waals surface area contributed by atoms with Crippen molar-refractivity contribution in [3.05, 3.63) is 165 Å². The van der Waals surface area contributed by atoms with E-state index in [0.29, 0.717) is 95.5 Å². The van der Waals surface area contributed by atoms with Crippen molar-refractivity contribution in [1.29, 1.82) is 0 Å². The van der Waals surface area contributed by atoms with Crippen molar-refractivity contribution in [2.45, 2.75) is 58.3 Å². The number of carboxylic acids is 2. The van der Waals surface area contributed by atoms with Gasteiger partial charge in [-0.3, -0.25) is 19.2 Å². The summed E-state index contributed by atoms with van der Waals surface area (Å²) < 4.78 is 97.3. The number of carbonyl (C=O) groups excluding carboxylic acids is 2. The average Bonchev–Trinajstić information content (AvgIpc) is 3.35. The van der Waals surface area contributed by atoms with Crippen LogP contribution < -0.4 is 29.6 Å². The minimum Gasteiger partial charge on any atom is -0.493 e. The van der Waals surface area contributed by atoms with Crippen LogP contribution in [0.1, 0.15) is 67.6 Å². The van der Waals surface area contributed by atoms with Crippen LogP contribution in [-0.4, -0.2) is 71.3 Å². The smallest absolute Gasteiger partial charge is 0.446 e. The summed E-state index contributed by atoms with van der Waals surface area (Å²) in [6.07, 6.45) is 1.64. The summed E-state index contributed by atoms with van der Waals surface area (Å²) >= 11 is 12.3. The minimum atomic E-state index is -4.33. The molecule has 2 atom stereocenters. The Bertz CT molecular complexity index is 2770. The summed E-state index contributed by atoms with van der Waals surface area (Å²) in [4.78, 5) is 48.1. The van der Waals surface area contributed by atoms with Crippen LogP contribution in [0.15, 0.2) is 131 Å². The number of carbonyl (C=O) groups is 4. The number of rotatable bonds is 16. The molecule has 2 aliphatic rings. The number of fused-ring (bicyclic) bond motifs is 2. The second kappa shape index (κ2) is 24.5. The van der Waals surface area contributed by atoms with Crippen molar-refractivity contribution in [2.24, 2.45) is 0 Å². The summed E-state index contributed by atoms with van der Waals surface area (Å²) in [5, 5.41) is 24.8. The van der Waals surface area contributed by atoms with Crippen molar-refractivity contribution in [1.82, 2.24) is 10.6 Å². The molecule has 6 aromatic carbocycles. The largest absolute Gasteiger partial charge is 0.493 e. The van der Waals surface area contributed by atoms with E-state index in [9.17, 15) is 55.7 Å². The Balaban J connectivity index is 0.000000216. The first-order chi connectivity index (χ1) is 35.2. The summed E-state index contributed by atoms with van der Waals surface area (Å²) in [6.45, 7) is 1.17. The van der Waals surface area contributed by atoms with E-state index in [1.807, 2.05) is 0 Å². The third-order valence-corrected chi connectivity index (χ3v) is 13.3. The Morgan fingerprint density at radius 1 is 0.554 bits per heavy atom. The predicted octanol–water partition coefficient (Wildman–Crippen LogP) is 13.3. The Morgan fingerprint density at radius 2 is 0.905 bits per heavy atom. The molecule has 388 valence electrons. The topological polar surface area (TPSA) is 170 Å². The molecule has 0 saturated carbocycles. The molecule has 2 unspecified atom stereocenters. The standard InChI is InChI=1S/2C26H21ClF3NO5S/c2*27-21-13-20-19(25(33)34)10-12-35-22(20)14-23(21)36-17-5-3-16(4-6-17)24(32)31-11-9-15-1-7-18(8-2-15)37-26(28,29)30/h2*1-8,13-14,19H,9-12H2,(H,31,32)(H,33,34). The molecule has 0 radical (unpaired) electrons. The lowest BCUT2D eigenvalue weighted by atomic mass is 9.93. The van der Waals surface area contributed by atoms with Crippen LogP contribution in [0.4, 0.5) is 26.3 Å². The summed E-state index contributed by atoms with van der Waals surface area (Å²) in [5.41, 5.74) is -5.26. The molecule has 0 aliphatic carbocycles. The van der Waals surface area contributed by atoms with E-state index in [1.54, 1.807) is 84.9 Å². The number of hydrogen-bond acceptors (Lipinski definition) is 10. The van der Waals surface area contributed by atoms with Gasteiger partial charge in [0.2, 0.25) is 0 Å². The molecule has 2 aliphatic heterocycles. The number of carboxylic acid groups (broad SMARTS) is 2. The number of ether oxygens (including phenoxy) is 4. The van der Waals surface area contributed by atoms with Gasteiger partial charge in [0.15, 0.2) is 0 Å². The molecule has 0 bridgehead atoms. The van der Waals surface area contributed by atoms with Gasteiger partial charge in [0.1, 0.15) is 34.5 Å². The van der Waals surface area contributed by atoms with E-state index in [-0.39, 0.29) is 68.4 Å². The number of hydrogen-bond donors (Lipinski definition) is 4. The van der Waals surface area contributed by atoms with E-state index in [2.05, 4.69) is 10.6 Å². The van der Waals surface area contributed by atoms with Crippen LogP contribution in [0.5, 0.6) is 34.5 Å². The first kappa shape index (κ1) is 55.0. The molecule has 74 heavy (non-hydrogen) atoms. The van der Waals surface area contributed by atoms with E-state index in [1.165, 1.54) is 36.4 Å². The van der Waals surface area contributed by atoms with E-state index in [0.717, 1.165) is 11.1 Å². The van der Waals surface area contributed by atoms with Crippen molar-refractivity contribution in [3.8, 4) is 34.5 Å². The van der Waals surface area contributed by atoms with Crippen LogP contribution in [0.2, 0.25) is 10.0 Å². The molecule has 0 fully saturated rings. The highest BCUT2D eigenvalue weighted by Gasteiger charge is 2.32. The average molecular weight is 1100 g/mol. The molecule has 22 heteroatoms. The lowest BCUT2D eigenvalue weighted by Gasteiger charge is -2.24. The molecule has 4 N–H and O–H groups in total. The summed E-state index contributed by atoms with van der Waals surface area (Å²) in [5.74, 6) is -1.66. The highest BCUT2D eigenvalue weighted by atomic mass is 35.5. The number of amides is 2. The molecule has 2 heterocycles. The van der Waals surface area contributed by atoms with Gasteiger partial charge in [-0.05, 0) is 145 Å². The molecule has 12 nitrogen and oxygen atoms in total. The fourth-order valence-corrected chi connectivity index (χ4v) is 9.11. The SMILES string of the molecule is O=C(NCCc1ccc(SC(F)(F)F)cc1)c1ccc(Oc2cc3c(cc2Cl)C(C(=O)O)CCO3)cc1.O=C(NCCc1ccc(SC(F)(F)F)cc1)c1ccc(Oc2cc3c(cc2Cl)C(C(=O)O)CCO3)cc1. The molecular formula is C52H42Cl2F6N2O10S2. The van der Waals surface area contributed by atoms with E-state index >= 15 is 0 Å². The van der Waals surface area contributed by atoms with Crippen LogP contribution in [0.3, 0.4) is 0 Å². The monoisotopic (exact) mass is 1100 g/mol. The second-order valence-corrected chi connectivity index (χ2v) is 19.4. The third kappa shape index (κ3) is 15.6. The lowest BCUT2D eigenvalue weighted by molar-refractivity contribution is -0.140. The Labute approximate surface area is 437 Å². The Morgan fingerprint density at radius 3 is 1.23 bits per heavy atom. The van der Waals surface area contributed by atoms with Gasteiger partial charge < -0.3 is 39.8 Å². The molecular weight excluding hydrogens is 1060 g/mol. The van der Waals surface area contributed by atoms with E-state index in [4.69, 9.17) is 42.1 Å². The van der Waals surface area contributed by atoms with Gasteiger partial charge >= 0.3 is 23.0 Å². The number of thioether (sulfide) groups is 2. The fraction of sp³-hybridized carbons (Fsp3) is 0.231. The Kier molecular flexibility index (Phi) is 18.2. The van der Waals surface area contributed by atoms with Crippen molar-refractivity contribution < 1.29 is 74.7 Å². The summed E-state index contributed by atoms with van der Waals surface area (Å²) in [6, 6.07) is 30.9. The number of aliphatic carboxylic acids is 2. The van der Waals surface area contributed by atoms with Gasteiger partial charge in [0, 0.05) is 57.3 Å². The number of nitrogens with one attached hydrogen (secondary N) is 2. The summed E-state index contributed by atoms with van der Waals surface area (Å²) in [7, 11) is 0. The second-order valence-electron chi connectivity index (χ2n) is 16.3. The molecule has 0 spiro atoms. The third-order valence-electron chi connectivity index (χ3n) is 11.2. The first-order valence-corrected chi connectivity index (χ1v) is 24.8. The molecule has 6 aromatic rings. The molecule has 0 aromatic heterocycles. The maximum atomic E-state index is 12.4. The van der Waals surface area contributed by atoms with Crippen LogP contribution in [-0.2, 0) is 22.4 Å². The minimum absolute atomic E-state index is 0.108. The van der Waals surface area contributed by atoms with Crippen LogP contribution >= 0.6 is 46.7 Å². The zero-order valence-corrected chi connectivity index (χ0v) is 41.5. The number of alkyl halides is 6. The molecule has 2 amide bonds. The number of benzene rings is 6. The van der Waals surface area contributed by atoms with Crippen molar-refractivity contribution >= 4 is 70.5 Å². The first-order valence-electron chi connectivity index (χ1n) is 22.4. The van der Waals surface area contributed by atoms with Gasteiger partial charge in [-0.2, -0.15) is 26.3 Å². The highest BCUT2D eigenvalue weighted by molar-refractivity contribution is 8.00. The lowest BCUT2D eigenvalue weighted by Crippen LogP contribution is -2.25. The van der Waals surface area contributed by atoms with Crippen molar-refractivity contribution in [2.75, 3.05) is 26.3 Å². The Hall–Kier alpha value is -6.74. The van der Waals surface area contributed by atoms with Gasteiger partial charge in [-0.1, -0.05) is 47.5 Å². The number of halogens is 8. The van der Waals surface area contributed by atoms with Crippen LogP contribution in [0.25, 0.3) is 0 Å². The van der Waals surface area contributed by atoms with Crippen molar-refractivity contribution in [3.63, 3.8) is 0 Å². The normalized spacial score (nSPS) is 14.9. The quantitative estimate of drug-likeness (QED) is 0.0535. The fourth-order valence-electron chi connectivity index (χ4n) is 7.61. The van der Waals surface area contributed by atoms with Gasteiger partial charge in [-0.15, -0.1) is 0 Å². The van der Waals surface area contributed by atoms with Gasteiger partial charge in [0.05, 0.1) is 35.1 Å². The van der Waals surface area contributed by atoms with Gasteiger partial charge in [-0.25, -0.2) is 0 Å².